The van der Waals surface area contributed by atoms with Crippen LogP contribution in [0.25, 0.3) is 32.8 Å². The number of rotatable bonds is 2. The highest BCUT2D eigenvalue weighted by molar-refractivity contribution is 6.13. The summed E-state index contributed by atoms with van der Waals surface area (Å²) in [5, 5.41) is 5.55. The van der Waals surface area contributed by atoms with Crippen LogP contribution in [0.1, 0.15) is 67.7 Å². The molecule has 1 heterocycles. The number of hydrogen-bond acceptors (Lipinski definition) is 0. The molecule has 1 heteroatoms. The monoisotopic (exact) mass is 422 g/mol. The van der Waals surface area contributed by atoms with Gasteiger partial charge >= 0.3 is 0 Å². The molecule has 5 rings (SSSR count). The minimum atomic E-state index is 0.495. The van der Waals surface area contributed by atoms with Crippen LogP contribution in [-0.2, 0) is 7.05 Å². The molecule has 0 bridgehead atoms. The summed E-state index contributed by atoms with van der Waals surface area (Å²) >= 11 is 0. The number of aryl methyl sites for hydroxylation is 3. The van der Waals surface area contributed by atoms with Crippen LogP contribution in [0.15, 0.2) is 54.7 Å². The Bertz CT molecular complexity index is 1330. The summed E-state index contributed by atoms with van der Waals surface area (Å²) in [4.78, 5) is 0. The molecular weight excluding hydrogens is 386 g/mol. The van der Waals surface area contributed by atoms with Gasteiger partial charge in [-0.25, -0.2) is 4.57 Å². The van der Waals surface area contributed by atoms with Crippen molar-refractivity contribution in [3.05, 3.63) is 77.0 Å². The van der Waals surface area contributed by atoms with E-state index in [0.717, 1.165) is 0 Å². The number of aromatic nitrogens is 1. The maximum Gasteiger partial charge on any atom is 0.221 e. The van der Waals surface area contributed by atoms with E-state index in [9.17, 15) is 0 Å². The van der Waals surface area contributed by atoms with Crippen molar-refractivity contribution in [3.8, 4) is 11.3 Å². The molecule has 1 nitrogen and oxygen atoms in total. The molecule has 0 radical (unpaired) electrons. The molecule has 0 aliphatic heterocycles. The van der Waals surface area contributed by atoms with Crippen molar-refractivity contribution in [1.82, 2.24) is 0 Å². The largest absolute Gasteiger partial charge is 0.221 e. The van der Waals surface area contributed by atoms with Crippen LogP contribution < -0.4 is 4.57 Å². The highest BCUT2D eigenvalue weighted by Gasteiger charge is 2.29. The minimum Gasteiger partial charge on any atom is -0.200 e. The second kappa shape index (κ2) is 7.73. The van der Waals surface area contributed by atoms with Crippen LogP contribution in [0.5, 0.6) is 0 Å². The molecule has 1 aliphatic rings. The molecule has 4 aromatic rings. The van der Waals surface area contributed by atoms with Gasteiger partial charge in [-0.3, -0.25) is 0 Å². The first-order valence-electron chi connectivity index (χ1n) is 12.2. The van der Waals surface area contributed by atoms with Crippen LogP contribution in [0.4, 0.5) is 0 Å². The van der Waals surface area contributed by atoms with E-state index in [-0.39, 0.29) is 0 Å². The number of hydrogen-bond donors (Lipinski definition) is 0. The van der Waals surface area contributed by atoms with Gasteiger partial charge in [-0.05, 0) is 96.7 Å². The summed E-state index contributed by atoms with van der Waals surface area (Å²) in [5.41, 5.74) is 8.80. The molecule has 3 aromatic carbocycles. The Morgan fingerprint density at radius 1 is 0.875 bits per heavy atom. The standard InChI is InChI=1S/C31H36N/c1-20-18-21(2)22(3)28(19-20)30-29-24(14-17-32(30)6)10-11-26-25(8-7-9-27(26)29)23-12-15-31(4,5)16-13-23/h7-11,14,17-19,23H,12-13,15-16H2,1-6H3/q+1. The summed E-state index contributed by atoms with van der Waals surface area (Å²) in [6, 6.07) is 18.7. The summed E-state index contributed by atoms with van der Waals surface area (Å²) in [5.74, 6) is 0.674. The van der Waals surface area contributed by atoms with Crippen molar-refractivity contribution in [3.63, 3.8) is 0 Å². The van der Waals surface area contributed by atoms with E-state index in [1.165, 1.54) is 75.2 Å². The van der Waals surface area contributed by atoms with E-state index < -0.39 is 0 Å². The average molecular weight is 423 g/mol. The Morgan fingerprint density at radius 2 is 1.62 bits per heavy atom. The highest BCUT2D eigenvalue weighted by atomic mass is 14.9. The molecule has 1 fully saturated rings. The van der Waals surface area contributed by atoms with Crippen LogP contribution in [0, 0.1) is 26.2 Å². The lowest BCUT2D eigenvalue weighted by molar-refractivity contribution is -0.659. The molecule has 0 unspecified atom stereocenters. The van der Waals surface area contributed by atoms with Crippen molar-refractivity contribution in [2.24, 2.45) is 12.5 Å². The molecule has 0 atom stereocenters. The zero-order valence-electron chi connectivity index (χ0n) is 20.5. The lowest BCUT2D eigenvalue weighted by Gasteiger charge is -2.35. The van der Waals surface area contributed by atoms with E-state index >= 15 is 0 Å². The Balaban J connectivity index is 1.79. The number of benzene rings is 3. The first-order valence-corrected chi connectivity index (χ1v) is 12.2. The van der Waals surface area contributed by atoms with Crippen LogP contribution in [0.3, 0.4) is 0 Å². The normalized spacial score (nSPS) is 16.7. The van der Waals surface area contributed by atoms with Gasteiger partial charge in [-0.1, -0.05) is 55.8 Å². The van der Waals surface area contributed by atoms with Gasteiger partial charge in [0.15, 0.2) is 6.20 Å². The second-order valence-electron chi connectivity index (χ2n) is 10.9. The fourth-order valence-corrected chi connectivity index (χ4v) is 5.92. The van der Waals surface area contributed by atoms with E-state index in [0.29, 0.717) is 11.3 Å². The molecule has 0 amide bonds. The average Bonchev–Trinajstić information content (AvgIpc) is 2.76. The van der Waals surface area contributed by atoms with Gasteiger partial charge in [0.1, 0.15) is 7.05 Å². The first kappa shape index (κ1) is 21.2. The molecule has 164 valence electrons. The van der Waals surface area contributed by atoms with E-state index in [1.54, 1.807) is 5.56 Å². The highest BCUT2D eigenvalue weighted by Crippen LogP contribution is 2.45. The lowest BCUT2D eigenvalue weighted by Crippen LogP contribution is -2.31. The molecule has 1 saturated carbocycles. The number of fused-ring (bicyclic) bond motifs is 3. The minimum absolute atomic E-state index is 0.495. The van der Waals surface area contributed by atoms with Crippen LogP contribution in [-0.4, -0.2) is 0 Å². The number of nitrogens with zero attached hydrogens (tertiary/aromatic N) is 1. The van der Waals surface area contributed by atoms with Crippen molar-refractivity contribution in [2.45, 2.75) is 66.2 Å². The summed E-state index contributed by atoms with van der Waals surface area (Å²) < 4.78 is 2.32. The van der Waals surface area contributed by atoms with Gasteiger partial charge in [-0.15, -0.1) is 0 Å². The number of pyridine rings is 1. The van der Waals surface area contributed by atoms with Crippen molar-refractivity contribution >= 4 is 21.5 Å². The van der Waals surface area contributed by atoms with Crippen LogP contribution in [0.2, 0.25) is 0 Å². The van der Waals surface area contributed by atoms with E-state index in [4.69, 9.17) is 0 Å². The summed E-state index contributed by atoms with van der Waals surface area (Å²) in [6.07, 6.45) is 7.46. The first-order chi connectivity index (χ1) is 15.2. The van der Waals surface area contributed by atoms with Crippen molar-refractivity contribution in [1.29, 1.82) is 0 Å². The fraction of sp³-hybridized carbons (Fsp3) is 0.387. The predicted octanol–water partition coefficient (Wildman–Crippen LogP) is 8.09. The SMILES string of the molecule is Cc1cc(C)c(C)c(-c2c3c(ccc4c(C5CCC(C)(C)CC5)cccc43)cc[n+]2C)c1. The van der Waals surface area contributed by atoms with Crippen molar-refractivity contribution < 1.29 is 4.57 Å². The maximum atomic E-state index is 2.43. The molecule has 1 aliphatic carbocycles. The summed E-state index contributed by atoms with van der Waals surface area (Å²) in [7, 11) is 2.19. The van der Waals surface area contributed by atoms with Crippen LogP contribution >= 0.6 is 0 Å². The zero-order valence-corrected chi connectivity index (χ0v) is 20.5. The fourth-order valence-electron chi connectivity index (χ4n) is 5.92. The van der Waals surface area contributed by atoms with E-state index in [1.807, 2.05) is 0 Å². The third-order valence-corrected chi connectivity index (χ3v) is 8.04. The van der Waals surface area contributed by atoms with Gasteiger partial charge < -0.3 is 0 Å². The van der Waals surface area contributed by atoms with Gasteiger partial charge in [0.25, 0.3) is 0 Å². The zero-order chi connectivity index (χ0) is 22.6. The molecule has 0 spiro atoms. The maximum absolute atomic E-state index is 2.43. The third-order valence-electron chi connectivity index (χ3n) is 8.04. The topological polar surface area (TPSA) is 3.88 Å². The summed E-state index contributed by atoms with van der Waals surface area (Å²) in [6.45, 7) is 11.6. The predicted molar refractivity (Wildman–Crippen MR) is 137 cm³/mol. The van der Waals surface area contributed by atoms with Gasteiger partial charge in [0.05, 0.1) is 10.9 Å². The molecule has 0 N–H and O–H groups in total. The Kier molecular flexibility index (Phi) is 5.12. The third kappa shape index (κ3) is 3.52. The quantitative estimate of drug-likeness (QED) is 0.227. The van der Waals surface area contributed by atoms with Gasteiger partial charge in [0.2, 0.25) is 5.69 Å². The molecule has 32 heavy (non-hydrogen) atoms. The molecular formula is C31H36N+. The molecule has 1 aromatic heterocycles. The smallest absolute Gasteiger partial charge is 0.200 e. The van der Waals surface area contributed by atoms with Gasteiger partial charge in [0, 0.05) is 6.07 Å². The Hall–Kier alpha value is -2.67. The lowest BCUT2D eigenvalue weighted by atomic mass is 9.70. The van der Waals surface area contributed by atoms with Gasteiger partial charge in [-0.2, -0.15) is 0 Å². The second-order valence-corrected chi connectivity index (χ2v) is 10.9. The Labute approximate surface area is 193 Å². The molecule has 0 saturated heterocycles. The van der Waals surface area contributed by atoms with Crippen molar-refractivity contribution in [2.75, 3.05) is 0 Å². The Morgan fingerprint density at radius 3 is 2.38 bits per heavy atom. The van der Waals surface area contributed by atoms with E-state index in [2.05, 4.69) is 101 Å².